The van der Waals surface area contributed by atoms with E-state index in [-0.39, 0.29) is 12.4 Å². The van der Waals surface area contributed by atoms with E-state index in [9.17, 15) is 13.2 Å². The van der Waals surface area contributed by atoms with Crippen LogP contribution >= 0.6 is 0 Å². The minimum atomic E-state index is -4.51. The first-order valence-electron chi connectivity index (χ1n) is 7.69. The second kappa shape index (κ2) is 5.58. The molecular weight excluding hydrogens is 333 g/mol. The largest absolute Gasteiger partial charge is 0.493 e. The lowest BCUT2D eigenvalue weighted by Crippen LogP contribution is -2.09. The minimum Gasteiger partial charge on any atom is -0.493 e. The fraction of sp³-hybridized carbons (Fsp3) is 0.235. The minimum absolute atomic E-state index is 0.157. The Morgan fingerprint density at radius 2 is 2.04 bits per heavy atom. The van der Waals surface area contributed by atoms with E-state index in [1.54, 1.807) is 19.1 Å². The van der Waals surface area contributed by atoms with Crippen LogP contribution in [-0.4, -0.2) is 33.8 Å². The van der Waals surface area contributed by atoms with E-state index >= 15 is 0 Å². The topological polar surface area (TPSA) is 63.2 Å². The van der Waals surface area contributed by atoms with Crippen LogP contribution in [0.5, 0.6) is 5.75 Å². The van der Waals surface area contributed by atoms with Crippen molar-refractivity contribution < 1.29 is 17.9 Å². The molecule has 0 aliphatic carbocycles. The molecule has 0 saturated carbocycles. The molecule has 0 fully saturated rings. The molecule has 3 aromatic rings. The Balaban J connectivity index is 1.87. The van der Waals surface area contributed by atoms with Crippen LogP contribution in [0.3, 0.4) is 0 Å². The number of alkyl halides is 3. The maximum absolute atomic E-state index is 13.4. The number of benzene rings is 1. The van der Waals surface area contributed by atoms with Gasteiger partial charge in [0.1, 0.15) is 17.0 Å². The molecule has 0 spiro atoms. The molecule has 5 nitrogen and oxygen atoms in total. The van der Waals surface area contributed by atoms with Gasteiger partial charge in [0, 0.05) is 5.56 Å². The first kappa shape index (κ1) is 15.6. The van der Waals surface area contributed by atoms with Crippen molar-refractivity contribution in [1.29, 1.82) is 0 Å². The van der Waals surface area contributed by atoms with Crippen molar-refractivity contribution in [3.8, 4) is 17.0 Å². The highest BCUT2D eigenvalue weighted by Gasteiger charge is 2.35. The number of halogens is 3. The van der Waals surface area contributed by atoms with Gasteiger partial charge in [-0.05, 0) is 31.2 Å². The normalized spacial score (nSPS) is 13.8. The highest BCUT2D eigenvalue weighted by Crippen LogP contribution is 2.39. The van der Waals surface area contributed by atoms with Crippen molar-refractivity contribution in [3.63, 3.8) is 0 Å². The monoisotopic (exact) mass is 346 g/mol. The molecule has 4 rings (SSSR count). The Morgan fingerprint density at radius 1 is 1.24 bits per heavy atom. The van der Waals surface area contributed by atoms with Crippen LogP contribution in [0, 0.1) is 0 Å². The van der Waals surface area contributed by atoms with Crippen LogP contribution in [0.25, 0.3) is 22.3 Å². The van der Waals surface area contributed by atoms with Crippen molar-refractivity contribution in [1.82, 2.24) is 15.0 Å². The SMILES string of the molecule is CCOc1ccc(-c2cc3[nH]cnc3c(C3=NC3)n2)cc1C(F)(F)F. The van der Waals surface area contributed by atoms with Gasteiger partial charge in [-0.1, -0.05) is 0 Å². The molecule has 0 unspecified atom stereocenters. The average molecular weight is 346 g/mol. The lowest BCUT2D eigenvalue weighted by molar-refractivity contribution is -0.138. The van der Waals surface area contributed by atoms with Gasteiger partial charge in [-0.2, -0.15) is 13.2 Å². The predicted molar refractivity (Wildman–Crippen MR) is 86.9 cm³/mol. The fourth-order valence-corrected chi connectivity index (χ4v) is 2.68. The van der Waals surface area contributed by atoms with Gasteiger partial charge in [-0.3, -0.25) is 4.99 Å². The number of aliphatic imine (C=N–C) groups is 1. The summed E-state index contributed by atoms with van der Waals surface area (Å²) < 4.78 is 45.2. The first-order chi connectivity index (χ1) is 12.0. The summed E-state index contributed by atoms with van der Waals surface area (Å²) in [5, 5.41) is 0. The molecule has 1 N–H and O–H groups in total. The number of imidazole rings is 1. The van der Waals surface area contributed by atoms with Crippen molar-refractivity contribution in [3.05, 3.63) is 41.9 Å². The number of aromatic nitrogens is 3. The van der Waals surface area contributed by atoms with E-state index in [0.717, 1.165) is 11.8 Å². The quantitative estimate of drug-likeness (QED) is 0.781. The third kappa shape index (κ3) is 2.84. The van der Waals surface area contributed by atoms with Gasteiger partial charge < -0.3 is 9.72 Å². The predicted octanol–water partition coefficient (Wildman–Crippen LogP) is 3.85. The molecule has 3 heterocycles. The molecule has 128 valence electrons. The third-order valence-corrected chi connectivity index (χ3v) is 3.88. The Bertz CT molecular complexity index is 991. The number of aromatic amines is 1. The van der Waals surface area contributed by atoms with Gasteiger partial charge in [0.15, 0.2) is 0 Å². The highest BCUT2D eigenvalue weighted by molar-refractivity contribution is 6.15. The lowest BCUT2D eigenvalue weighted by Gasteiger charge is -2.14. The number of H-pyrrole nitrogens is 1. The molecular formula is C17H13F3N4O. The van der Waals surface area contributed by atoms with E-state index < -0.39 is 11.7 Å². The number of fused-ring (bicyclic) bond motifs is 1. The molecule has 25 heavy (non-hydrogen) atoms. The zero-order chi connectivity index (χ0) is 17.6. The van der Waals surface area contributed by atoms with Crippen LogP contribution in [0.1, 0.15) is 18.2 Å². The Kier molecular flexibility index (Phi) is 3.48. The number of hydrogen-bond acceptors (Lipinski definition) is 4. The first-order valence-corrected chi connectivity index (χ1v) is 7.69. The van der Waals surface area contributed by atoms with Crippen LogP contribution in [0.4, 0.5) is 13.2 Å². The molecule has 1 aliphatic heterocycles. The van der Waals surface area contributed by atoms with Gasteiger partial charge in [-0.25, -0.2) is 9.97 Å². The summed E-state index contributed by atoms with van der Waals surface area (Å²) >= 11 is 0. The summed E-state index contributed by atoms with van der Waals surface area (Å²) in [6, 6.07) is 5.65. The molecule has 2 aromatic heterocycles. The molecule has 0 amide bonds. The second-order valence-electron chi connectivity index (χ2n) is 5.56. The zero-order valence-corrected chi connectivity index (χ0v) is 13.2. The molecule has 1 aliphatic rings. The van der Waals surface area contributed by atoms with E-state index in [2.05, 4.69) is 19.9 Å². The van der Waals surface area contributed by atoms with Crippen molar-refractivity contribution in [2.75, 3.05) is 13.2 Å². The average Bonchev–Trinajstić information content (AvgIpc) is 3.31. The summed E-state index contributed by atoms with van der Waals surface area (Å²) in [5.74, 6) is -0.187. The van der Waals surface area contributed by atoms with Gasteiger partial charge in [0.05, 0.1) is 42.0 Å². The maximum atomic E-state index is 13.4. The van der Waals surface area contributed by atoms with Crippen molar-refractivity contribution in [2.24, 2.45) is 4.99 Å². The van der Waals surface area contributed by atoms with Crippen LogP contribution < -0.4 is 4.74 Å². The molecule has 0 radical (unpaired) electrons. The highest BCUT2D eigenvalue weighted by atomic mass is 19.4. The third-order valence-electron chi connectivity index (χ3n) is 3.88. The number of ether oxygens (including phenoxy) is 1. The van der Waals surface area contributed by atoms with Gasteiger partial charge in [0.2, 0.25) is 0 Å². The summed E-state index contributed by atoms with van der Waals surface area (Å²) in [5.41, 5.74) is 2.75. The summed E-state index contributed by atoms with van der Waals surface area (Å²) in [6.07, 6.45) is -2.98. The lowest BCUT2D eigenvalue weighted by atomic mass is 10.0. The zero-order valence-electron chi connectivity index (χ0n) is 13.2. The van der Waals surface area contributed by atoms with Gasteiger partial charge in [-0.15, -0.1) is 0 Å². The van der Waals surface area contributed by atoms with Gasteiger partial charge >= 0.3 is 6.18 Å². The molecule has 0 saturated heterocycles. The summed E-state index contributed by atoms with van der Waals surface area (Å²) in [7, 11) is 0. The van der Waals surface area contributed by atoms with E-state index in [4.69, 9.17) is 4.74 Å². The smallest absolute Gasteiger partial charge is 0.419 e. The Morgan fingerprint density at radius 3 is 2.72 bits per heavy atom. The molecule has 8 heteroatoms. The van der Waals surface area contributed by atoms with Crippen molar-refractivity contribution in [2.45, 2.75) is 13.1 Å². The number of pyridine rings is 1. The Labute approximate surface area is 140 Å². The number of nitrogens with one attached hydrogen (secondary N) is 1. The number of rotatable bonds is 4. The standard InChI is InChI=1S/C17H13F3N4O/c1-2-25-14-4-3-9(5-10(14)17(18,19)20)11-6-12-15(23-8-22-12)16(24-11)13-7-21-13/h3-6,8H,2,7H2,1H3,(H,22,23). The molecule has 0 atom stereocenters. The Hall–Kier alpha value is -2.90. The molecule has 0 bridgehead atoms. The van der Waals surface area contributed by atoms with Crippen LogP contribution in [0.2, 0.25) is 0 Å². The molecule has 1 aromatic carbocycles. The summed E-state index contributed by atoms with van der Waals surface area (Å²) in [6.45, 7) is 2.38. The van der Waals surface area contributed by atoms with E-state index in [0.29, 0.717) is 34.5 Å². The second-order valence-corrected chi connectivity index (χ2v) is 5.56. The maximum Gasteiger partial charge on any atom is 0.419 e. The van der Waals surface area contributed by atoms with Crippen molar-refractivity contribution >= 4 is 16.7 Å². The van der Waals surface area contributed by atoms with E-state index in [1.165, 1.54) is 12.4 Å². The fourth-order valence-electron chi connectivity index (χ4n) is 2.68. The van der Waals surface area contributed by atoms with E-state index in [1.807, 2.05) is 0 Å². The van der Waals surface area contributed by atoms with Gasteiger partial charge in [0.25, 0.3) is 0 Å². The number of hydrogen-bond donors (Lipinski definition) is 1. The summed E-state index contributed by atoms with van der Waals surface area (Å²) in [4.78, 5) is 15.8. The van der Waals surface area contributed by atoms with Crippen LogP contribution in [0.15, 0.2) is 35.6 Å². The number of nitrogens with zero attached hydrogens (tertiary/aromatic N) is 3. The van der Waals surface area contributed by atoms with Crippen LogP contribution in [-0.2, 0) is 6.18 Å².